The van der Waals surface area contributed by atoms with Gasteiger partial charge in [-0.1, -0.05) is 31.0 Å². The average Bonchev–Trinajstić information content (AvgIpc) is 3.40. The summed E-state index contributed by atoms with van der Waals surface area (Å²) in [4.78, 5) is 25.4. The summed E-state index contributed by atoms with van der Waals surface area (Å²) in [5, 5.41) is 16.4. The molecule has 1 aromatic carbocycles. The van der Waals surface area contributed by atoms with Crippen molar-refractivity contribution in [2.45, 2.75) is 51.1 Å². The van der Waals surface area contributed by atoms with E-state index in [1.54, 1.807) is 0 Å². The van der Waals surface area contributed by atoms with Gasteiger partial charge in [0.2, 0.25) is 11.8 Å². The van der Waals surface area contributed by atoms with Gasteiger partial charge < -0.3 is 15.2 Å². The van der Waals surface area contributed by atoms with E-state index >= 15 is 0 Å². The second kappa shape index (κ2) is 7.67. The van der Waals surface area contributed by atoms with Crippen molar-refractivity contribution in [1.29, 1.82) is 5.26 Å². The van der Waals surface area contributed by atoms with Crippen molar-refractivity contribution in [3.63, 3.8) is 0 Å². The first-order valence-electron chi connectivity index (χ1n) is 10.1. The fourth-order valence-corrected chi connectivity index (χ4v) is 4.17. The molecule has 2 aliphatic carbocycles. The van der Waals surface area contributed by atoms with Crippen LogP contribution in [0.1, 0.15) is 38.5 Å². The molecule has 2 fully saturated rings. The second-order valence-electron chi connectivity index (χ2n) is 8.18. The van der Waals surface area contributed by atoms with Crippen LogP contribution in [0.2, 0.25) is 0 Å². The van der Waals surface area contributed by atoms with Gasteiger partial charge in [-0.05, 0) is 43.2 Å². The van der Waals surface area contributed by atoms with Crippen LogP contribution in [0.4, 0.5) is 0 Å². The van der Waals surface area contributed by atoms with Gasteiger partial charge in [0.1, 0.15) is 6.54 Å². The van der Waals surface area contributed by atoms with Crippen molar-refractivity contribution in [3.8, 4) is 6.07 Å². The van der Waals surface area contributed by atoms with Crippen LogP contribution in [0.15, 0.2) is 36.5 Å². The molecule has 2 amide bonds. The SMILES string of the molecule is N#CC1(CNC(=O)[C@@H]2CCCC[C@@H]2NC(=O)Cn2ccc3ccccc32)CC1. The molecule has 2 saturated carbocycles. The Labute approximate surface area is 164 Å². The smallest absolute Gasteiger partial charge is 0.240 e. The summed E-state index contributed by atoms with van der Waals surface area (Å²) in [6.07, 6.45) is 7.26. The highest BCUT2D eigenvalue weighted by Gasteiger charge is 2.44. The topological polar surface area (TPSA) is 86.9 Å². The number of nitriles is 1. The fourth-order valence-electron chi connectivity index (χ4n) is 4.17. The molecule has 0 aliphatic heterocycles. The first-order chi connectivity index (χ1) is 13.6. The standard InChI is InChI=1S/C22H26N4O2/c23-14-22(10-11-22)15-24-21(28)17-6-2-3-7-18(17)25-20(27)13-26-12-9-16-5-1-4-8-19(16)26/h1,4-5,8-9,12,17-18H,2-3,6-7,10-11,13,15H2,(H,24,28)(H,25,27)/t17-,18+/m1/s1. The number of carbonyl (C=O) groups excluding carboxylic acids is 2. The molecule has 0 saturated heterocycles. The van der Waals surface area contributed by atoms with Crippen molar-refractivity contribution in [2.24, 2.45) is 11.3 Å². The van der Waals surface area contributed by atoms with Gasteiger partial charge in [0.25, 0.3) is 0 Å². The zero-order valence-electron chi connectivity index (χ0n) is 16.0. The van der Waals surface area contributed by atoms with Crippen molar-refractivity contribution in [2.75, 3.05) is 6.54 Å². The molecule has 2 N–H and O–H groups in total. The van der Waals surface area contributed by atoms with E-state index in [0.29, 0.717) is 6.54 Å². The Morgan fingerprint density at radius 2 is 1.96 bits per heavy atom. The maximum atomic E-state index is 12.7. The lowest BCUT2D eigenvalue weighted by Gasteiger charge is -2.31. The Morgan fingerprint density at radius 1 is 1.18 bits per heavy atom. The number of hydrogen-bond donors (Lipinski definition) is 2. The summed E-state index contributed by atoms with van der Waals surface area (Å²) >= 11 is 0. The molecular formula is C22H26N4O2. The van der Waals surface area contributed by atoms with Crippen molar-refractivity contribution < 1.29 is 9.59 Å². The Hall–Kier alpha value is -2.81. The third kappa shape index (κ3) is 3.89. The Kier molecular flexibility index (Phi) is 5.08. The maximum absolute atomic E-state index is 12.7. The molecule has 146 valence electrons. The van der Waals surface area contributed by atoms with Gasteiger partial charge in [-0.25, -0.2) is 0 Å². The number of carbonyl (C=O) groups is 2. The van der Waals surface area contributed by atoms with Crippen LogP contribution in [-0.4, -0.2) is 29.0 Å². The predicted molar refractivity (Wildman–Crippen MR) is 106 cm³/mol. The molecular weight excluding hydrogens is 352 g/mol. The van der Waals surface area contributed by atoms with Gasteiger partial charge in [0, 0.05) is 24.3 Å². The zero-order valence-corrected chi connectivity index (χ0v) is 16.0. The van der Waals surface area contributed by atoms with E-state index in [9.17, 15) is 14.9 Å². The van der Waals surface area contributed by atoms with Crippen molar-refractivity contribution in [3.05, 3.63) is 36.5 Å². The summed E-state index contributed by atoms with van der Waals surface area (Å²) in [7, 11) is 0. The minimum Gasteiger partial charge on any atom is -0.354 e. The van der Waals surface area contributed by atoms with Crippen molar-refractivity contribution >= 4 is 22.7 Å². The minimum atomic E-state index is -0.349. The van der Waals surface area contributed by atoms with Gasteiger partial charge in [-0.15, -0.1) is 0 Å². The molecule has 28 heavy (non-hydrogen) atoms. The number of nitrogens with zero attached hydrogens (tertiary/aromatic N) is 2. The lowest BCUT2D eigenvalue weighted by molar-refractivity contribution is -0.128. The first kappa shape index (κ1) is 18.5. The lowest BCUT2D eigenvalue weighted by atomic mass is 9.83. The zero-order chi connectivity index (χ0) is 19.6. The van der Waals surface area contributed by atoms with E-state index in [4.69, 9.17) is 0 Å². The van der Waals surface area contributed by atoms with E-state index in [1.165, 1.54) is 0 Å². The molecule has 1 heterocycles. The largest absolute Gasteiger partial charge is 0.354 e. The van der Waals surface area contributed by atoms with Gasteiger partial charge in [0.05, 0.1) is 17.4 Å². The van der Waals surface area contributed by atoms with Crippen LogP contribution in [0.5, 0.6) is 0 Å². The Balaban J connectivity index is 1.36. The summed E-state index contributed by atoms with van der Waals surface area (Å²) in [6.45, 7) is 0.671. The number of nitrogens with one attached hydrogen (secondary N) is 2. The molecule has 2 atom stereocenters. The summed E-state index contributed by atoms with van der Waals surface area (Å²) < 4.78 is 1.94. The molecule has 0 radical (unpaired) electrons. The van der Waals surface area contributed by atoms with E-state index in [2.05, 4.69) is 16.7 Å². The van der Waals surface area contributed by atoms with Crippen LogP contribution >= 0.6 is 0 Å². The molecule has 1 aromatic heterocycles. The van der Waals surface area contributed by atoms with E-state index in [-0.39, 0.29) is 35.7 Å². The molecule has 0 bridgehead atoms. The van der Waals surface area contributed by atoms with Crippen LogP contribution in [0.25, 0.3) is 10.9 Å². The number of aromatic nitrogens is 1. The maximum Gasteiger partial charge on any atom is 0.240 e. The quantitative estimate of drug-likeness (QED) is 0.810. The number of para-hydroxylation sites is 1. The Morgan fingerprint density at radius 3 is 2.75 bits per heavy atom. The van der Waals surface area contributed by atoms with Gasteiger partial charge >= 0.3 is 0 Å². The third-order valence-electron chi connectivity index (χ3n) is 6.14. The fraction of sp³-hybridized carbons (Fsp3) is 0.500. The first-order valence-corrected chi connectivity index (χ1v) is 10.1. The van der Waals surface area contributed by atoms with Crippen molar-refractivity contribution in [1.82, 2.24) is 15.2 Å². The molecule has 4 rings (SSSR count). The van der Waals surface area contributed by atoms with Crippen LogP contribution in [-0.2, 0) is 16.1 Å². The molecule has 0 spiro atoms. The Bertz CT molecular complexity index is 922. The molecule has 2 aromatic rings. The molecule has 2 aliphatic rings. The van der Waals surface area contributed by atoms with Gasteiger partial charge in [-0.2, -0.15) is 5.26 Å². The van der Waals surface area contributed by atoms with E-state index < -0.39 is 0 Å². The van der Waals surface area contributed by atoms with E-state index in [0.717, 1.165) is 49.4 Å². The number of fused-ring (bicyclic) bond motifs is 1. The monoisotopic (exact) mass is 378 g/mol. The third-order valence-corrected chi connectivity index (χ3v) is 6.14. The van der Waals surface area contributed by atoms with Gasteiger partial charge in [-0.3, -0.25) is 9.59 Å². The minimum absolute atomic E-state index is 0.0297. The van der Waals surface area contributed by atoms with Crippen LogP contribution in [0, 0.1) is 22.7 Å². The lowest BCUT2D eigenvalue weighted by Crippen LogP contribution is -2.49. The highest BCUT2D eigenvalue weighted by Crippen LogP contribution is 2.44. The normalized spacial score (nSPS) is 23.0. The van der Waals surface area contributed by atoms with Crippen LogP contribution < -0.4 is 10.6 Å². The number of hydrogen-bond acceptors (Lipinski definition) is 3. The van der Waals surface area contributed by atoms with E-state index in [1.807, 2.05) is 41.1 Å². The number of rotatable bonds is 6. The number of amides is 2. The average molecular weight is 378 g/mol. The molecule has 6 heteroatoms. The van der Waals surface area contributed by atoms with Crippen LogP contribution in [0.3, 0.4) is 0 Å². The second-order valence-corrected chi connectivity index (χ2v) is 8.18. The molecule has 6 nitrogen and oxygen atoms in total. The highest BCUT2D eigenvalue weighted by molar-refractivity contribution is 5.84. The summed E-state index contributed by atoms with van der Waals surface area (Å²) in [5.74, 6) is -0.312. The number of benzene rings is 1. The summed E-state index contributed by atoms with van der Waals surface area (Å²) in [5.41, 5.74) is 0.681. The molecule has 0 unspecified atom stereocenters. The highest BCUT2D eigenvalue weighted by atomic mass is 16.2. The van der Waals surface area contributed by atoms with Gasteiger partial charge in [0.15, 0.2) is 0 Å². The predicted octanol–water partition coefficient (Wildman–Crippen LogP) is 2.74. The summed E-state index contributed by atoms with van der Waals surface area (Å²) in [6, 6.07) is 12.1.